The van der Waals surface area contributed by atoms with Crippen molar-refractivity contribution < 1.29 is 0 Å². The van der Waals surface area contributed by atoms with E-state index in [0.717, 1.165) is 11.3 Å². The van der Waals surface area contributed by atoms with Gasteiger partial charge in [0.1, 0.15) is 6.04 Å². The van der Waals surface area contributed by atoms with Crippen LogP contribution in [0.15, 0.2) is 48.5 Å². The van der Waals surface area contributed by atoms with Crippen LogP contribution < -0.4 is 5.32 Å². The molecular formula is C14H10Cl2N2. The highest BCUT2D eigenvalue weighted by atomic mass is 35.5. The van der Waals surface area contributed by atoms with Crippen LogP contribution in [-0.2, 0) is 0 Å². The second-order valence-electron chi connectivity index (χ2n) is 3.73. The van der Waals surface area contributed by atoms with Crippen molar-refractivity contribution >= 4 is 28.9 Å². The number of anilines is 1. The van der Waals surface area contributed by atoms with E-state index in [1.807, 2.05) is 30.3 Å². The highest BCUT2D eigenvalue weighted by molar-refractivity contribution is 6.31. The maximum Gasteiger partial charge on any atom is 0.141 e. The summed E-state index contributed by atoms with van der Waals surface area (Å²) in [7, 11) is 0. The quantitative estimate of drug-likeness (QED) is 0.884. The van der Waals surface area contributed by atoms with Crippen LogP contribution in [0.25, 0.3) is 0 Å². The Bertz CT molecular complexity index is 573. The Hall–Kier alpha value is -1.69. The van der Waals surface area contributed by atoms with Crippen molar-refractivity contribution in [2.75, 3.05) is 5.32 Å². The molecule has 0 bridgehead atoms. The Labute approximate surface area is 116 Å². The maximum atomic E-state index is 9.22. The third kappa shape index (κ3) is 2.95. The Morgan fingerprint density at radius 3 is 2.28 bits per heavy atom. The lowest BCUT2D eigenvalue weighted by Crippen LogP contribution is -2.08. The zero-order valence-corrected chi connectivity index (χ0v) is 10.9. The number of nitriles is 1. The number of rotatable bonds is 3. The summed E-state index contributed by atoms with van der Waals surface area (Å²) in [6.45, 7) is 0. The average molecular weight is 277 g/mol. The van der Waals surface area contributed by atoms with Crippen molar-refractivity contribution in [1.29, 1.82) is 5.26 Å². The minimum Gasteiger partial charge on any atom is -0.366 e. The van der Waals surface area contributed by atoms with Gasteiger partial charge in [-0.15, -0.1) is 0 Å². The van der Waals surface area contributed by atoms with Gasteiger partial charge < -0.3 is 5.32 Å². The first kappa shape index (κ1) is 12.8. The normalized spacial score (nSPS) is 11.6. The van der Waals surface area contributed by atoms with E-state index in [1.165, 1.54) is 0 Å². The van der Waals surface area contributed by atoms with Crippen molar-refractivity contribution in [3.05, 3.63) is 64.1 Å². The molecule has 0 saturated heterocycles. The highest BCUT2D eigenvalue weighted by Gasteiger charge is 2.13. The number of nitrogens with zero attached hydrogens (tertiary/aromatic N) is 1. The van der Waals surface area contributed by atoms with Crippen molar-refractivity contribution in [2.45, 2.75) is 6.04 Å². The topological polar surface area (TPSA) is 35.8 Å². The van der Waals surface area contributed by atoms with Crippen molar-refractivity contribution in [3.63, 3.8) is 0 Å². The molecule has 4 heteroatoms. The van der Waals surface area contributed by atoms with Gasteiger partial charge in [-0.2, -0.15) is 5.26 Å². The third-order valence-corrected chi connectivity index (χ3v) is 3.10. The highest BCUT2D eigenvalue weighted by Crippen LogP contribution is 2.26. The Morgan fingerprint density at radius 1 is 1.00 bits per heavy atom. The van der Waals surface area contributed by atoms with Crippen LogP contribution in [0.5, 0.6) is 0 Å². The summed E-state index contributed by atoms with van der Waals surface area (Å²) in [6, 6.07) is 16.2. The van der Waals surface area contributed by atoms with Crippen LogP contribution >= 0.6 is 23.2 Å². The molecule has 0 aromatic heterocycles. The monoisotopic (exact) mass is 276 g/mol. The number of benzene rings is 2. The van der Waals surface area contributed by atoms with Gasteiger partial charge in [-0.25, -0.2) is 0 Å². The molecule has 18 heavy (non-hydrogen) atoms. The number of nitrogens with one attached hydrogen (secondary N) is 1. The van der Waals surface area contributed by atoms with Gasteiger partial charge in [0.05, 0.1) is 6.07 Å². The van der Waals surface area contributed by atoms with Gasteiger partial charge in [-0.3, -0.25) is 0 Å². The number of hydrogen-bond donors (Lipinski definition) is 1. The van der Waals surface area contributed by atoms with Crippen LogP contribution in [0.4, 0.5) is 5.69 Å². The predicted molar refractivity (Wildman–Crippen MR) is 74.9 cm³/mol. The Balaban J connectivity index is 2.23. The smallest absolute Gasteiger partial charge is 0.141 e. The summed E-state index contributed by atoms with van der Waals surface area (Å²) >= 11 is 11.9. The second kappa shape index (κ2) is 5.77. The largest absolute Gasteiger partial charge is 0.366 e. The summed E-state index contributed by atoms with van der Waals surface area (Å²) in [5.74, 6) is 0. The molecule has 0 amide bonds. The molecule has 2 rings (SSSR count). The summed E-state index contributed by atoms with van der Waals surface area (Å²) < 4.78 is 0. The molecule has 0 spiro atoms. The van der Waals surface area contributed by atoms with E-state index >= 15 is 0 Å². The third-order valence-electron chi connectivity index (χ3n) is 2.50. The molecule has 2 aromatic rings. The number of hydrogen-bond acceptors (Lipinski definition) is 2. The second-order valence-corrected chi connectivity index (χ2v) is 4.58. The van der Waals surface area contributed by atoms with Crippen molar-refractivity contribution in [1.82, 2.24) is 0 Å². The molecule has 1 N–H and O–H groups in total. The predicted octanol–water partition coefficient (Wildman–Crippen LogP) is 4.67. The van der Waals surface area contributed by atoms with Gasteiger partial charge in [0.2, 0.25) is 0 Å². The molecule has 0 radical (unpaired) electrons. The summed E-state index contributed by atoms with van der Waals surface area (Å²) in [5, 5.41) is 13.6. The zero-order valence-electron chi connectivity index (χ0n) is 9.40. The molecule has 0 heterocycles. The van der Waals surface area contributed by atoms with Crippen LogP contribution in [0, 0.1) is 11.3 Å². The van der Waals surface area contributed by atoms with E-state index in [9.17, 15) is 5.26 Å². The van der Waals surface area contributed by atoms with Gasteiger partial charge in [0.25, 0.3) is 0 Å². The van der Waals surface area contributed by atoms with Crippen LogP contribution in [-0.4, -0.2) is 0 Å². The SMILES string of the molecule is N#CC(Nc1ccc(Cl)cc1)c1ccccc1Cl. The van der Waals surface area contributed by atoms with Crippen LogP contribution in [0.1, 0.15) is 11.6 Å². The lowest BCUT2D eigenvalue weighted by molar-refractivity contribution is 0.998. The average Bonchev–Trinajstić information content (AvgIpc) is 2.39. The van der Waals surface area contributed by atoms with E-state index in [0.29, 0.717) is 10.0 Å². The molecule has 90 valence electrons. The lowest BCUT2D eigenvalue weighted by Gasteiger charge is -2.14. The lowest BCUT2D eigenvalue weighted by atomic mass is 10.1. The van der Waals surface area contributed by atoms with E-state index in [-0.39, 0.29) is 0 Å². The first-order chi connectivity index (χ1) is 8.70. The van der Waals surface area contributed by atoms with Crippen molar-refractivity contribution in [3.8, 4) is 6.07 Å². The molecule has 0 aliphatic carbocycles. The molecule has 0 saturated carbocycles. The summed E-state index contributed by atoms with van der Waals surface area (Å²) in [6.07, 6.45) is 0. The van der Waals surface area contributed by atoms with Gasteiger partial charge in [0.15, 0.2) is 0 Å². The van der Waals surface area contributed by atoms with E-state index in [2.05, 4.69) is 11.4 Å². The minimum absolute atomic E-state index is 0.486. The van der Waals surface area contributed by atoms with E-state index in [1.54, 1.807) is 18.2 Å². The molecule has 1 atom stereocenters. The summed E-state index contributed by atoms with van der Waals surface area (Å²) in [4.78, 5) is 0. The fourth-order valence-corrected chi connectivity index (χ4v) is 1.97. The fourth-order valence-electron chi connectivity index (χ4n) is 1.60. The Morgan fingerprint density at radius 2 is 1.67 bits per heavy atom. The molecule has 2 nitrogen and oxygen atoms in total. The van der Waals surface area contributed by atoms with Crippen LogP contribution in [0.3, 0.4) is 0 Å². The number of halogens is 2. The first-order valence-corrected chi connectivity index (χ1v) is 6.12. The fraction of sp³-hybridized carbons (Fsp3) is 0.0714. The molecule has 0 aliphatic heterocycles. The molecule has 2 aromatic carbocycles. The van der Waals surface area contributed by atoms with Gasteiger partial charge in [-0.05, 0) is 30.3 Å². The minimum atomic E-state index is -0.486. The maximum absolute atomic E-state index is 9.22. The zero-order chi connectivity index (χ0) is 13.0. The van der Waals surface area contributed by atoms with Crippen LogP contribution in [0.2, 0.25) is 10.0 Å². The summed E-state index contributed by atoms with van der Waals surface area (Å²) in [5.41, 5.74) is 1.59. The van der Waals surface area contributed by atoms with Gasteiger partial charge in [-0.1, -0.05) is 41.4 Å². The standard InChI is InChI=1S/C14H10Cl2N2/c15-10-5-7-11(8-6-10)18-14(9-17)12-3-1-2-4-13(12)16/h1-8,14,18H. The molecule has 0 aliphatic rings. The van der Waals surface area contributed by atoms with Gasteiger partial charge in [0, 0.05) is 21.3 Å². The molecule has 1 unspecified atom stereocenters. The van der Waals surface area contributed by atoms with E-state index in [4.69, 9.17) is 23.2 Å². The molecule has 0 fully saturated rings. The first-order valence-electron chi connectivity index (χ1n) is 5.37. The van der Waals surface area contributed by atoms with Gasteiger partial charge >= 0.3 is 0 Å². The molecular weight excluding hydrogens is 267 g/mol. The van der Waals surface area contributed by atoms with E-state index < -0.39 is 6.04 Å². The Kier molecular flexibility index (Phi) is 4.09. The van der Waals surface area contributed by atoms with Crippen molar-refractivity contribution in [2.24, 2.45) is 0 Å².